The number of rotatable bonds is 15. The zero-order chi connectivity index (χ0) is 48.5. The van der Waals surface area contributed by atoms with Crippen molar-refractivity contribution in [3.05, 3.63) is 116 Å². The second-order valence-corrected chi connectivity index (χ2v) is 21.6. The van der Waals surface area contributed by atoms with Crippen LogP contribution in [0.3, 0.4) is 0 Å². The van der Waals surface area contributed by atoms with Gasteiger partial charge in [0.2, 0.25) is 0 Å². The zero-order valence-corrected chi connectivity index (χ0v) is 43.4. The first-order valence-electron chi connectivity index (χ1n) is 25.5. The average molecular weight is 899 g/mol. The van der Waals surface area contributed by atoms with E-state index in [-0.39, 0.29) is 16.4 Å². The third-order valence-electron chi connectivity index (χ3n) is 14.6. The number of hydrogen-bond donors (Lipinski definition) is 3. The Hall–Kier alpha value is -5.49. The number of allylic oxidation sites excluding steroid dienone is 4. The van der Waals surface area contributed by atoms with Crippen molar-refractivity contribution in [3.63, 3.8) is 0 Å². The highest BCUT2D eigenvalue weighted by atomic mass is 16.4. The summed E-state index contributed by atoms with van der Waals surface area (Å²) in [5, 5.41) is 9.96. The van der Waals surface area contributed by atoms with E-state index in [1.54, 1.807) is 12.1 Å². The first-order valence-corrected chi connectivity index (χ1v) is 25.5. The van der Waals surface area contributed by atoms with E-state index in [0.717, 1.165) is 144 Å². The number of nitrogens with one attached hydrogen (secondary N) is 2. The summed E-state index contributed by atoms with van der Waals surface area (Å²) in [5.41, 5.74) is 25.6. The molecule has 0 unspecified atom stereocenters. The maximum absolute atomic E-state index is 12.2. The first-order chi connectivity index (χ1) is 31.8. The largest absolute Gasteiger partial charge is 0.478 e. The summed E-state index contributed by atoms with van der Waals surface area (Å²) in [7, 11) is 0. The summed E-state index contributed by atoms with van der Waals surface area (Å²) in [6, 6.07) is 19.4. The Labute approximate surface area is 401 Å². The SMILES string of the molecule is CCCCC1=C(C)c2nc1cc1[nH]c(c(C)c1CCCC)c(-c1cc(C(C)(C)C)cc(C(C)(C)C)c1)c1[nH]c(cc3nc(c2-c2ccc(C(=O)O)cc2)C(C)=C3CCCC)c(CCCC)c1C. The van der Waals surface area contributed by atoms with Crippen molar-refractivity contribution in [2.75, 3.05) is 0 Å². The first kappa shape index (κ1) is 49.4. The highest BCUT2D eigenvalue weighted by molar-refractivity contribution is 6.04. The lowest BCUT2D eigenvalue weighted by Crippen LogP contribution is -2.16. The molecule has 8 bridgehead atoms. The highest BCUT2D eigenvalue weighted by Gasteiger charge is 2.29. The smallest absolute Gasteiger partial charge is 0.335 e. The average Bonchev–Trinajstić information content (AvgIpc) is 3.96. The quantitative estimate of drug-likeness (QED) is 0.0975. The predicted molar refractivity (Wildman–Crippen MR) is 287 cm³/mol. The second-order valence-electron chi connectivity index (χ2n) is 21.6. The fourth-order valence-corrected chi connectivity index (χ4v) is 10.2. The highest BCUT2D eigenvalue weighted by Crippen LogP contribution is 2.46. The van der Waals surface area contributed by atoms with Gasteiger partial charge in [0.1, 0.15) is 0 Å². The molecule has 5 heterocycles. The van der Waals surface area contributed by atoms with E-state index < -0.39 is 5.97 Å². The fraction of sp³-hybridized carbons (Fsp3) is 0.459. The molecule has 0 aliphatic carbocycles. The minimum Gasteiger partial charge on any atom is -0.478 e. The molecular weight excluding hydrogens is 821 g/mol. The number of aromatic amines is 2. The minimum absolute atomic E-state index is 0.0587. The van der Waals surface area contributed by atoms with Gasteiger partial charge >= 0.3 is 5.97 Å². The molecule has 7 rings (SSSR count). The maximum Gasteiger partial charge on any atom is 0.335 e. The van der Waals surface area contributed by atoms with Crippen molar-refractivity contribution in [1.82, 2.24) is 19.9 Å². The summed E-state index contributed by atoms with van der Waals surface area (Å²) in [5.74, 6) is -0.937. The molecule has 3 aromatic heterocycles. The Bertz CT molecular complexity index is 2750. The van der Waals surface area contributed by atoms with Crippen molar-refractivity contribution in [2.24, 2.45) is 0 Å². The molecule has 2 aromatic carbocycles. The lowest BCUT2D eigenvalue weighted by atomic mass is 9.78. The van der Waals surface area contributed by atoms with Gasteiger partial charge in [-0.2, -0.15) is 0 Å². The molecule has 0 amide bonds. The molecule has 0 fully saturated rings. The van der Waals surface area contributed by atoms with Crippen LogP contribution in [0.1, 0.15) is 214 Å². The number of aromatic carboxylic acids is 1. The van der Waals surface area contributed by atoms with E-state index in [2.05, 4.69) is 137 Å². The molecule has 0 radical (unpaired) electrons. The Balaban J connectivity index is 1.79. The lowest BCUT2D eigenvalue weighted by Gasteiger charge is -2.26. The van der Waals surface area contributed by atoms with E-state index in [1.807, 2.05) is 12.1 Å². The second kappa shape index (κ2) is 20.0. The third kappa shape index (κ3) is 9.92. The molecule has 2 aliphatic heterocycles. The third-order valence-corrected chi connectivity index (χ3v) is 14.6. The standard InChI is InChI=1S/C61H78N4O2/c1-15-19-23-45-36(5)55-53(40-27-29-41(30-28-40)59(66)67)56-37(6)46(24-20-16-2)50(63-56)35-52-48(26-22-18-4)39(8)58(65-52)54(42-31-43(60(9,10)11)33-44(32-42)61(12,13)14)57-38(7)47(25-21-17-3)51(64-57)34-49(45)62-55/h27-35,64-65H,15-26H2,1-14H3,(H,66,67). The molecule has 5 aromatic rings. The number of carboxylic acids is 1. The molecule has 2 aliphatic rings. The van der Waals surface area contributed by atoms with E-state index in [4.69, 9.17) is 9.97 Å². The van der Waals surface area contributed by atoms with Crippen molar-refractivity contribution < 1.29 is 9.90 Å². The normalized spacial score (nSPS) is 13.3. The van der Waals surface area contributed by atoms with Crippen LogP contribution in [-0.2, 0) is 23.7 Å². The van der Waals surface area contributed by atoms with Gasteiger partial charge in [0.05, 0.1) is 39.4 Å². The number of carboxylic acid groups (broad SMARTS) is 1. The Morgan fingerprint density at radius 3 is 1.31 bits per heavy atom. The van der Waals surface area contributed by atoms with E-state index in [1.165, 1.54) is 55.7 Å². The summed E-state index contributed by atoms with van der Waals surface area (Å²) in [4.78, 5) is 31.9. The molecule has 0 saturated heterocycles. The molecule has 3 N–H and O–H groups in total. The minimum atomic E-state index is -0.937. The van der Waals surface area contributed by atoms with E-state index in [0.29, 0.717) is 0 Å². The number of fused-ring (bicyclic) bond motifs is 8. The summed E-state index contributed by atoms with van der Waals surface area (Å²) in [6.07, 6.45) is 12.4. The van der Waals surface area contributed by atoms with Crippen LogP contribution in [0.2, 0.25) is 0 Å². The molecule has 0 atom stereocenters. The molecule has 6 nitrogen and oxygen atoms in total. The summed E-state index contributed by atoms with van der Waals surface area (Å²) >= 11 is 0. The zero-order valence-electron chi connectivity index (χ0n) is 43.4. The Morgan fingerprint density at radius 1 is 0.537 bits per heavy atom. The number of H-pyrrole nitrogens is 2. The monoisotopic (exact) mass is 899 g/mol. The van der Waals surface area contributed by atoms with Gasteiger partial charge in [-0.25, -0.2) is 14.8 Å². The van der Waals surface area contributed by atoms with Gasteiger partial charge in [0, 0.05) is 22.2 Å². The Kier molecular flexibility index (Phi) is 14.8. The van der Waals surface area contributed by atoms with Gasteiger partial charge < -0.3 is 15.1 Å². The molecule has 0 spiro atoms. The summed E-state index contributed by atoms with van der Waals surface area (Å²) in [6.45, 7) is 32.2. The number of hydrogen-bond acceptors (Lipinski definition) is 3. The van der Waals surface area contributed by atoms with Crippen LogP contribution < -0.4 is 0 Å². The summed E-state index contributed by atoms with van der Waals surface area (Å²) < 4.78 is 0. The topological polar surface area (TPSA) is 94.7 Å². The van der Waals surface area contributed by atoms with Gasteiger partial charge in [0.25, 0.3) is 0 Å². The van der Waals surface area contributed by atoms with Crippen LogP contribution in [0.25, 0.3) is 66.6 Å². The van der Waals surface area contributed by atoms with E-state index in [9.17, 15) is 9.90 Å². The van der Waals surface area contributed by atoms with Gasteiger partial charge in [-0.3, -0.25) is 0 Å². The van der Waals surface area contributed by atoms with E-state index >= 15 is 0 Å². The lowest BCUT2D eigenvalue weighted by molar-refractivity contribution is 0.0697. The molecule has 6 heteroatoms. The van der Waals surface area contributed by atoms with Crippen LogP contribution in [0.4, 0.5) is 0 Å². The maximum atomic E-state index is 12.2. The van der Waals surface area contributed by atoms with Crippen LogP contribution in [0.15, 0.2) is 54.6 Å². The number of aromatic nitrogens is 4. The van der Waals surface area contributed by atoms with Crippen LogP contribution >= 0.6 is 0 Å². The van der Waals surface area contributed by atoms with Crippen LogP contribution in [0, 0.1) is 13.8 Å². The van der Waals surface area contributed by atoms with Gasteiger partial charge in [-0.05, 0) is 181 Å². The number of benzene rings is 2. The van der Waals surface area contributed by atoms with Crippen molar-refractivity contribution >= 4 is 50.3 Å². The predicted octanol–water partition coefficient (Wildman–Crippen LogP) is 17.5. The van der Waals surface area contributed by atoms with Gasteiger partial charge in [-0.15, -0.1) is 0 Å². The van der Waals surface area contributed by atoms with Crippen molar-refractivity contribution in [2.45, 2.75) is 185 Å². The van der Waals surface area contributed by atoms with Crippen LogP contribution in [0.5, 0.6) is 0 Å². The van der Waals surface area contributed by atoms with Gasteiger partial charge in [0.15, 0.2) is 0 Å². The number of unbranched alkanes of at least 4 members (excludes halogenated alkanes) is 4. The molecule has 354 valence electrons. The van der Waals surface area contributed by atoms with Crippen LogP contribution in [-0.4, -0.2) is 31.0 Å². The number of carbonyl (C=O) groups is 1. The van der Waals surface area contributed by atoms with Gasteiger partial charge in [-0.1, -0.05) is 125 Å². The molecular formula is C61H78N4O2. The van der Waals surface area contributed by atoms with Crippen molar-refractivity contribution in [3.8, 4) is 22.3 Å². The number of nitrogens with zero attached hydrogens (tertiary/aromatic N) is 2. The Morgan fingerprint density at radius 2 is 0.940 bits per heavy atom. The molecule has 67 heavy (non-hydrogen) atoms. The fourth-order valence-electron chi connectivity index (χ4n) is 10.2. The molecule has 0 saturated carbocycles. The number of aryl methyl sites for hydroxylation is 4. The van der Waals surface area contributed by atoms with Crippen molar-refractivity contribution in [1.29, 1.82) is 0 Å².